The summed E-state index contributed by atoms with van der Waals surface area (Å²) in [5, 5.41) is 3.25. The van der Waals surface area contributed by atoms with Crippen LogP contribution in [0, 0.1) is 0 Å². The maximum Gasteiger partial charge on any atom is 0.338 e. The highest BCUT2D eigenvalue weighted by Gasteiger charge is 2.07. The van der Waals surface area contributed by atoms with E-state index in [-0.39, 0.29) is 5.97 Å². The summed E-state index contributed by atoms with van der Waals surface area (Å²) < 4.78 is 10.7. The second-order valence-electron chi connectivity index (χ2n) is 4.46. The molecule has 0 fully saturated rings. The van der Waals surface area contributed by atoms with Crippen LogP contribution in [0.15, 0.2) is 40.8 Å². The zero-order chi connectivity index (χ0) is 15.1. The number of ether oxygens (including phenoxy) is 1. The predicted octanol–water partition coefficient (Wildman–Crippen LogP) is 3.93. The summed E-state index contributed by atoms with van der Waals surface area (Å²) in [5.74, 6) is 2.42. The van der Waals surface area contributed by atoms with Gasteiger partial charge in [0.15, 0.2) is 0 Å². The molecule has 1 aromatic heterocycles. The molecule has 0 unspecified atom stereocenters. The van der Waals surface area contributed by atoms with Crippen molar-refractivity contribution in [3.63, 3.8) is 0 Å². The van der Waals surface area contributed by atoms with E-state index in [0.29, 0.717) is 18.7 Å². The molecule has 0 aliphatic rings. The SMILES string of the molecule is CCOC(=O)c1cccc(NCc2ccc(CSC)o2)c1. The van der Waals surface area contributed by atoms with Gasteiger partial charge < -0.3 is 14.5 Å². The Hall–Kier alpha value is -1.88. The summed E-state index contributed by atoms with van der Waals surface area (Å²) in [4.78, 5) is 11.7. The second-order valence-corrected chi connectivity index (χ2v) is 5.32. The van der Waals surface area contributed by atoms with E-state index in [2.05, 4.69) is 5.32 Å². The third kappa shape index (κ3) is 4.56. The van der Waals surface area contributed by atoms with Crippen LogP contribution in [0.25, 0.3) is 0 Å². The Kier molecular flexibility index (Phi) is 5.75. The zero-order valence-electron chi connectivity index (χ0n) is 12.2. The summed E-state index contributed by atoms with van der Waals surface area (Å²) in [6.45, 7) is 2.75. The first-order chi connectivity index (χ1) is 10.2. The molecule has 2 aromatic rings. The first kappa shape index (κ1) is 15.5. The van der Waals surface area contributed by atoms with Crippen molar-refractivity contribution in [1.29, 1.82) is 0 Å². The standard InChI is InChI=1S/C16H19NO3S/c1-3-19-16(18)12-5-4-6-13(9-12)17-10-14-7-8-15(20-14)11-21-2/h4-9,17H,3,10-11H2,1-2H3. The minimum atomic E-state index is -0.304. The van der Waals surface area contributed by atoms with E-state index in [9.17, 15) is 4.79 Å². The van der Waals surface area contributed by atoms with Crippen molar-refractivity contribution in [2.75, 3.05) is 18.2 Å². The first-order valence-electron chi connectivity index (χ1n) is 6.80. The molecule has 112 valence electrons. The van der Waals surface area contributed by atoms with E-state index < -0.39 is 0 Å². The number of hydrogen-bond acceptors (Lipinski definition) is 5. The topological polar surface area (TPSA) is 51.5 Å². The van der Waals surface area contributed by atoms with E-state index in [0.717, 1.165) is 23.0 Å². The molecule has 0 aliphatic heterocycles. The van der Waals surface area contributed by atoms with Gasteiger partial charge in [-0.15, -0.1) is 0 Å². The third-order valence-corrected chi connectivity index (χ3v) is 3.42. The molecule has 1 N–H and O–H groups in total. The molecule has 2 rings (SSSR count). The van der Waals surface area contributed by atoms with Crippen LogP contribution in [0.2, 0.25) is 0 Å². The largest absolute Gasteiger partial charge is 0.463 e. The summed E-state index contributed by atoms with van der Waals surface area (Å²) in [7, 11) is 0. The van der Waals surface area contributed by atoms with Crippen molar-refractivity contribution in [2.24, 2.45) is 0 Å². The van der Waals surface area contributed by atoms with E-state index in [1.54, 1.807) is 30.8 Å². The molecule has 0 saturated heterocycles. The maximum absolute atomic E-state index is 11.7. The summed E-state index contributed by atoms with van der Waals surface area (Å²) in [6.07, 6.45) is 2.04. The van der Waals surface area contributed by atoms with Crippen LogP contribution >= 0.6 is 11.8 Å². The number of carbonyl (C=O) groups is 1. The van der Waals surface area contributed by atoms with Crippen molar-refractivity contribution >= 4 is 23.4 Å². The molecule has 0 spiro atoms. The normalized spacial score (nSPS) is 10.4. The van der Waals surface area contributed by atoms with Gasteiger partial charge in [0.25, 0.3) is 0 Å². The lowest BCUT2D eigenvalue weighted by atomic mass is 10.2. The molecular weight excluding hydrogens is 286 g/mol. The Labute approximate surface area is 128 Å². The molecule has 1 aromatic carbocycles. The van der Waals surface area contributed by atoms with Crippen LogP contribution in [-0.4, -0.2) is 18.8 Å². The van der Waals surface area contributed by atoms with Crippen molar-refractivity contribution in [1.82, 2.24) is 0 Å². The van der Waals surface area contributed by atoms with Gasteiger partial charge in [-0.25, -0.2) is 4.79 Å². The highest BCUT2D eigenvalue weighted by molar-refractivity contribution is 7.97. The fraction of sp³-hybridized carbons (Fsp3) is 0.312. The summed E-state index contributed by atoms with van der Waals surface area (Å²) in [6, 6.07) is 11.2. The van der Waals surface area contributed by atoms with Gasteiger partial charge in [0.1, 0.15) is 11.5 Å². The smallest absolute Gasteiger partial charge is 0.338 e. The first-order valence-corrected chi connectivity index (χ1v) is 8.20. The van der Waals surface area contributed by atoms with Gasteiger partial charge in [0.2, 0.25) is 0 Å². The van der Waals surface area contributed by atoms with Gasteiger partial charge in [-0.1, -0.05) is 6.07 Å². The van der Waals surface area contributed by atoms with Crippen LogP contribution in [-0.2, 0) is 17.0 Å². The molecule has 0 atom stereocenters. The average Bonchev–Trinajstić information content (AvgIpc) is 2.94. The number of hydrogen-bond donors (Lipinski definition) is 1. The van der Waals surface area contributed by atoms with Crippen LogP contribution in [0.5, 0.6) is 0 Å². The molecule has 0 amide bonds. The average molecular weight is 305 g/mol. The van der Waals surface area contributed by atoms with Gasteiger partial charge in [0.05, 0.1) is 24.5 Å². The maximum atomic E-state index is 11.7. The Morgan fingerprint density at radius 1 is 1.29 bits per heavy atom. The Balaban J connectivity index is 1.96. The fourth-order valence-electron chi connectivity index (χ4n) is 1.90. The minimum absolute atomic E-state index is 0.304. The third-order valence-electron chi connectivity index (χ3n) is 2.84. The molecule has 4 nitrogen and oxygen atoms in total. The highest BCUT2D eigenvalue weighted by atomic mass is 32.2. The second kappa shape index (κ2) is 7.78. The van der Waals surface area contributed by atoms with Gasteiger partial charge in [0, 0.05) is 5.69 Å². The van der Waals surface area contributed by atoms with Crippen molar-refractivity contribution in [3.8, 4) is 0 Å². The molecule has 1 heterocycles. The van der Waals surface area contributed by atoms with Crippen molar-refractivity contribution in [2.45, 2.75) is 19.2 Å². The number of anilines is 1. The van der Waals surface area contributed by atoms with Gasteiger partial charge in [-0.2, -0.15) is 11.8 Å². The lowest BCUT2D eigenvalue weighted by molar-refractivity contribution is 0.0526. The van der Waals surface area contributed by atoms with Gasteiger partial charge in [-0.05, 0) is 43.5 Å². The molecule has 5 heteroatoms. The molecule has 0 bridgehead atoms. The predicted molar refractivity (Wildman–Crippen MR) is 85.7 cm³/mol. The van der Waals surface area contributed by atoms with Crippen molar-refractivity contribution in [3.05, 3.63) is 53.5 Å². The van der Waals surface area contributed by atoms with Crippen molar-refractivity contribution < 1.29 is 13.9 Å². The number of rotatable bonds is 7. The highest BCUT2D eigenvalue weighted by Crippen LogP contribution is 2.16. The van der Waals surface area contributed by atoms with Gasteiger partial charge >= 0.3 is 5.97 Å². The number of benzene rings is 1. The Morgan fingerprint density at radius 3 is 2.86 bits per heavy atom. The van der Waals surface area contributed by atoms with E-state index in [1.807, 2.05) is 30.5 Å². The number of thioether (sulfide) groups is 1. The van der Waals surface area contributed by atoms with Crippen LogP contribution < -0.4 is 5.32 Å². The Bertz CT molecular complexity index is 595. The number of nitrogens with one attached hydrogen (secondary N) is 1. The summed E-state index contributed by atoms with van der Waals surface area (Å²) >= 11 is 1.73. The van der Waals surface area contributed by atoms with Crippen LogP contribution in [0.3, 0.4) is 0 Å². The van der Waals surface area contributed by atoms with E-state index in [1.165, 1.54) is 0 Å². The van der Waals surface area contributed by atoms with E-state index in [4.69, 9.17) is 9.15 Å². The molecular formula is C16H19NO3S. The summed E-state index contributed by atoms with van der Waals surface area (Å²) in [5.41, 5.74) is 1.41. The molecule has 0 saturated carbocycles. The van der Waals surface area contributed by atoms with Crippen LogP contribution in [0.4, 0.5) is 5.69 Å². The quantitative estimate of drug-likeness (QED) is 0.785. The minimum Gasteiger partial charge on any atom is -0.463 e. The number of furan rings is 1. The van der Waals surface area contributed by atoms with Crippen LogP contribution in [0.1, 0.15) is 28.8 Å². The zero-order valence-corrected chi connectivity index (χ0v) is 13.0. The molecule has 0 radical (unpaired) electrons. The van der Waals surface area contributed by atoms with E-state index >= 15 is 0 Å². The monoisotopic (exact) mass is 305 g/mol. The number of carbonyl (C=O) groups excluding carboxylic acids is 1. The molecule has 0 aliphatic carbocycles. The van der Waals surface area contributed by atoms with Gasteiger partial charge in [-0.3, -0.25) is 0 Å². The number of esters is 1. The molecule has 21 heavy (non-hydrogen) atoms. The lowest BCUT2D eigenvalue weighted by Gasteiger charge is -2.07. The Morgan fingerprint density at radius 2 is 2.10 bits per heavy atom. The fourth-order valence-corrected chi connectivity index (χ4v) is 2.34. The lowest BCUT2D eigenvalue weighted by Crippen LogP contribution is -2.05.